The Morgan fingerprint density at radius 2 is 1.95 bits per heavy atom. The van der Waals surface area contributed by atoms with Crippen LogP contribution in [0.4, 0.5) is 0 Å². The molecule has 0 aliphatic heterocycles. The zero-order chi connectivity index (χ0) is 13.1. The van der Waals surface area contributed by atoms with Crippen LogP contribution in [-0.4, -0.2) is 14.4 Å². The molecule has 2 heterocycles. The number of benzene rings is 2. The molecular weight excluding hydrogens is 246 g/mol. The minimum absolute atomic E-state index is 0.791. The molecule has 4 aromatic rings. The van der Waals surface area contributed by atoms with Crippen molar-refractivity contribution in [2.45, 2.75) is 6.42 Å². The summed E-state index contributed by atoms with van der Waals surface area (Å²) in [6.07, 6.45) is 7.36. The van der Waals surface area contributed by atoms with Gasteiger partial charge in [0.05, 0.1) is 16.7 Å². The van der Waals surface area contributed by atoms with Crippen molar-refractivity contribution in [3.05, 3.63) is 59.9 Å². The maximum Gasteiger partial charge on any atom is 0.235 e. The summed E-state index contributed by atoms with van der Waals surface area (Å²) in [5.41, 5.74) is 4.47. The van der Waals surface area contributed by atoms with Gasteiger partial charge in [-0.05, 0) is 11.5 Å². The van der Waals surface area contributed by atoms with Crippen LogP contribution in [0.15, 0.2) is 48.7 Å². The van der Waals surface area contributed by atoms with E-state index in [1.54, 1.807) is 0 Å². The van der Waals surface area contributed by atoms with E-state index in [2.05, 4.69) is 69.1 Å². The van der Waals surface area contributed by atoms with Crippen LogP contribution in [0.2, 0.25) is 0 Å². The van der Waals surface area contributed by atoms with Crippen LogP contribution in [-0.2, 0) is 6.42 Å². The highest BCUT2D eigenvalue weighted by atomic mass is 15.1. The van der Waals surface area contributed by atoms with E-state index >= 15 is 0 Å². The summed E-state index contributed by atoms with van der Waals surface area (Å²) in [6, 6.07) is 12.6. The van der Waals surface area contributed by atoms with E-state index in [4.69, 9.17) is 0 Å². The third kappa shape index (κ3) is 1.19. The van der Waals surface area contributed by atoms with Crippen LogP contribution < -0.4 is 0 Å². The first-order chi connectivity index (χ1) is 9.90. The Balaban J connectivity index is 2.06. The molecule has 0 saturated carbocycles. The first-order valence-electron chi connectivity index (χ1n) is 6.76. The van der Waals surface area contributed by atoms with Crippen LogP contribution in [0.3, 0.4) is 0 Å². The van der Waals surface area contributed by atoms with E-state index in [0.717, 1.165) is 28.9 Å². The van der Waals surface area contributed by atoms with Crippen LogP contribution in [0.25, 0.3) is 33.7 Å². The number of rotatable bonds is 0. The molecule has 0 unspecified atom stereocenters. The zero-order valence-corrected chi connectivity index (χ0v) is 10.7. The molecule has 0 radical (unpaired) electrons. The lowest BCUT2D eigenvalue weighted by molar-refractivity contribution is 1.06. The normalized spacial score (nSPS) is 13.6. The zero-order valence-electron chi connectivity index (χ0n) is 10.7. The quantitative estimate of drug-likeness (QED) is 0.482. The number of nitrogens with zero attached hydrogens (tertiary/aromatic N) is 3. The van der Waals surface area contributed by atoms with Crippen molar-refractivity contribution in [2.75, 3.05) is 0 Å². The second kappa shape index (κ2) is 3.45. The van der Waals surface area contributed by atoms with Crippen molar-refractivity contribution in [3.63, 3.8) is 0 Å². The standard InChI is InChI=1S/C17H11N3/c1-2-6-13-11(4-1)8-9-15-16(13)20-10-12-5-3-7-14(12)18-17(20)19-15/h1-6,8-10H,7H2. The summed E-state index contributed by atoms with van der Waals surface area (Å²) >= 11 is 0. The molecule has 1 aliphatic carbocycles. The molecule has 2 aromatic heterocycles. The second-order valence-corrected chi connectivity index (χ2v) is 5.19. The van der Waals surface area contributed by atoms with Gasteiger partial charge in [-0.2, -0.15) is 0 Å². The average molecular weight is 257 g/mol. The van der Waals surface area contributed by atoms with Gasteiger partial charge in [0, 0.05) is 23.6 Å². The molecule has 1 aliphatic rings. The van der Waals surface area contributed by atoms with Gasteiger partial charge < -0.3 is 0 Å². The van der Waals surface area contributed by atoms with Gasteiger partial charge in [0.15, 0.2) is 0 Å². The van der Waals surface area contributed by atoms with Crippen molar-refractivity contribution in [1.29, 1.82) is 0 Å². The van der Waals surface area contributed by atoms with Crippen molar-refractivity contribution < 1.29 is 0 Å². The number of hydrogen-bond acceptors (Lipinski definition) is 2. The fraction of sp³-hybridized carbons (Fsp3) is 0.0588. The number of fused-ring (bicyclic) bond motifs is 6. The number of aromatic nitrogens is 3. The minimum Gasteiger partial charge on any atom is -0.282 e. The van der Waals surface area contributed by atoms with Gasteiger partial charge in [0.2, 0.25) is 5.78 Å². The lowest BCUT2D eigenvalue weighted by Gasteiger charge is -2.02. The van der Waals surface area contributed by atoms with E-state index in [1.165, 1.54) is 16.3 Å². The van der Waals surface area contributed by atoms with Crippen LogP contribution >= 0.6 is 0 Å². The molecule has 3 nitrogen and oxygen atoms in total. The van der Waals surface area contributed by atoms with Gasteiger partial charge in [-0.25, -0.2) is 9.97 Å². The van der Waals surface area contributed by atoms with Crippen LogP contribution in [0.1, 0.15) is 11.3 Å². The van der Waals surface area contributed by atoms with Gasteiger partial charge in [0.1, 0.15) is 0 Å². The topological polar surface area (TPSA) is 30.2 Å². The summed E-state index contributed by atoms with van der Waals surface area (Å²) in [5, 5.41) is 2.46. The molecule has 0 amide bonds. The summed E-state index contributed by atoms with van der Waals surface area (Å²) in [6.45, 7) is 0. The first-order valence-corrected chi connectivity index (χ1v) is 6.76. The lowest BCUT2D eigenvalue weighted by Crippen LogP contribution is -1.95. The van der Waals surface area contributed by atoms with Gasteiger partial charge in [0.25, 0.3) is 0 Å². The molecule has 3 heteroatoms. The highest BCUT2D eigenvalue weighted by Gasteiger charge is 2.13. The number of imidazole rings is 1. The molecule has 20 heavy (non-hydrogen) atoms. The highest BCUT2D eigenvalue weighted by Crippen LogP contribution is 2.27. The molecular formula is C17H11N3. The summed E-state index contributed by atoms with van der Waals surface area (Å²) in [7, 11) is 0. The lowest BCUT2D eigenvalue weighted by atomic mass is 10.1. The smallest absolute Gasteiger partial charge is 0.235 e. The SMILES string of the molecule is C1=Cc2cn3c(nc2C1)nc1ccc2ccccc2c13. The Hall–Kier alpha value is -2.68. The number of allylic oxidation sites excluding steroid dienone is 1. The van der Waals surface area contributed by atoms with E-state index < -0.39 is 0 Å². The second-order valence-electron chi connectivity index (χ2n) is 5.19. The maximum atomic E-state index is 4.69. The molecule has 0 atom stereocenters. The molecule has 94 valence electrons. The third-order valence-corrected chi connectivity index (χ3v) is 4.00. The predicted octanol–water partition coefficient (Wildman–Crippen LogP) is 3.61. The van der Waals surface area contributed by atoms with Crippen LogP contribution in [0, 0.1) is 0 Å². The van der Waals surface area contributed by atoms with Gasteiger partial charge in [-0.15, -0.1) is 0 Å². The minimum atomic E-state index is 0.791. The van der Waals surface area contributed by atoms with Crippen LogP contribution in [0.5, 0.6) is 0 Å². The Kier molecular flexibility index (Phi) is 1.75. The average Bonchev–Trinajstić information content (AvgIpc) is 3.07. The fourth-order valence-electron chi connectivity index (χ4n) is 3.05. The molecule has 0 fully saturated rings. The monoisotopic (exact) mass is 257 g/mol. The van der Waals surface area contributed by atoms with E-state index in [9.17, 15) is 0 Å². The third-order valence-electron chi connectivity index (χ3n) is 4.00. The van der Waals surface area contributed by atoms with Gasteiger partial charge >= 0.3 is 0 Å². The Bertz CT molecular complexity index is 1020. The van der Waals surface area contributed by atoms with Crippen molar-refractivity contribution in [2.24, 2.45) is 0 Å². The van der Waals surface area contributed by atoms with E-state index in [-0.39, 0.29) is 0 Å². The molecule has 5 rings (SSSR count). The van der Waals surface area contributed by atoms with Crippen molar-refractivity contribution in [3.8, 4) is 0 Å². The molecule has 0 saturated heterocycles. The van der Waals surface area contributed by atoms with E-state index in [1.807, 2.05) is 0 Å². The maximum absolute atomic E-state index is 4.69. The predicted molar refractivity (Wildman–Crippen MR) is 80.7 cm³/mol. The first kappa shape index (κ1) is 10.1. The summed E-state index contributed by atoms with van der Waals surface area (Å²) in [5.74, 6) is 0.791. The molecule has 0 N–H and O–H groups in total. The van der Waals surface area contributed by atoms with Crippen molar-refractivity contribution in [1.82, 2.24) is 14.4 Å². The van der Waals surface area contributed by atoms with Crippen molar-refractivity contribution >= 4 is 33.7 Å². The molecule has 0 bridgehead atoms. The molecule has 0 spiro atoms. The van der Waals surface area contributed by atoms with Gasteiger partial charge in [-0.3, -0.25) is 4.40 Å². The largest absolute Gasteiger partial charge is 0.282 e. The van der Waals surface area contributed by atoms with Gasteiger partial charge in [-0.1, -0.05) is 42.5 Å². The highest BCUT2D eigenvalue weighted by molar-refractivity contribution is 6.05. The van der Waals surface area contributed by atoms with E-state index in [0.29, 0.717) is 0 Å². The Labute approximate surface area is 115 Å². The molecule has 2 aromatic carbocycles. The number of hydrogen-bond donors (Lipinski definition) is 0. The Morgan fingerprint density at radius 1 is 1.00 bits per heavy atom. The summed E-state index contributed by atoms with van der Waals surface area (Å²) in [4.78, 5) is 9.36. The summed E-state index contributed by atoms with van der Waals surface area (Å²) < 4.78 is 2.12. The Morgan fingerprint density at radius 3 is 2.95 bits per heavy atom. The fourth-order valence-corrected chi connectivity index (χ4v) is 3.05.